The van der Waals surface area contributed by atoms with Crippen LogP contribution in [0, 0.1) is 0 Å². The topological polar surface area (TPSA) is 69.6 Å². The number of nitrogens with one attached hydrogen (secondary N) is 1. The molecule has 1 amide bonds. The van der Waals surface area contributed by atoms with Gasteiger partial charge < -0.3 is 15.5 Å². The summed E-state index contributed by atoms with van der Waals surface area (Å²) in [5.74, 6) is -0.0426. The first-order chi connectivity index (χ1) is 23.7. The van der Waals surface area contributed by atoms with E-state index < -0.39 is 12.1 Å². The van der Waals surface area contributed by atoms with E-state index in [1.54, 1.807) is 0 Å². The highest BCUT2D eigenvalue weighted by atomic mass is 16.3. The Balaban J connectivity index is 3.33. The number of hydrogen-bond donors (Lipinski definition) is 3. The van der Waals surface area contributed by atoms with E-state index >= 15 is 0 Å². The van der Waals surface area contributed by atoms with Crippen molar-refractivity contribution in [1.82, 2.24) is 5.32 Å². The van der Waals surface area contributed by atoms with E-state index in [0.717, 1.165) is 57.8 Å². The molecule has 0 spiro atoms. The molecule has 0 aliphatic carbocycles. The summed E-state index contributed by atoms with van der Waals surface area (Å²) in [5, 5.41) is 22.5. The van der Waals surface area contributed by atoms with E-state index in [1.165, 1.54) is 122 Å². The molecule has 0 radical (unpaired) electrons. The molecule has 0 aliphatic rings. The van der Waals surface area contributed by atoms with Crippen molar-refractivity contribution < 1.29 is 15.0 Å². The summed E-state index contributed by atoms with van der Waals surface area (Å²) < 4.78 is 0. The largest absolute Gasteiger partial charge is 0.394 e. The number of hydrogen-bond acceptors (Lipinski definition) is 3. The monoisotopic (exact) mass is 672 g/mol. The average molecular weight is 672 g/mol. The summed E-state index contributed by atoms with van der Waals surface area (Å²) in [4.78, 5) is 12.2. The van der Waals surface area contributed by atoms with Gasteiger partial charge in [0.25, 0.3) is 0 Å². The molecule has 0 saturated carbocycles. The molecule has 0 aromatic carbocycles. The minimum atomic E-state index is -0.653. The lowest BCUT2D eigenvalue weighted by atomic mass is 10.0. The molecule has 0 aromatic heterocycles. The number of allylic oxidation sites excluding steroid dienone is 8. The molecule has 2 atom stereocenters. The Morgan fingerprint density at radius 3 is 1.33 bits per heavy atom. The number of carbonyl (C=O) groups excluding carboxylic acids is 1. The van der Waals surface area contributed by atoms with Crippen LogP contribution >= 0.6 is 0 Å². The lowest BCUT2D eigenvalue weighted by Gasteiger charge is -2.22. The van der Waals surface area contributed by atoms with Crippen molar-refractivity contribution in [3.05, 3.63) is 48.6 Å². The molecule has 0 rings (SSSR count). The van der Waals surface area contributed by atoms with Gasteiger partial charge in [0.05, 0.1) is 18.8 Å². The van der Waals surface area contributed by atoms with Crippen molar-refractivity contribution in [1.29, 1.82) is 0 Å². The molecule has 2 unspecified atom stereocenters. The Kier molecular flexibility index (Phi) is 38.4. The highest BCUT2D eigenvalue weighted by Gasteiger charge is 2.19. The Hall–Kier alpha value is -1.65. The molecule has 48 heavy (non-hydrogen) atoms. The van der Waals surface area contributed by atoms with Crippen molar-refractivity contribution in [3.8, 4) is 0 Å². The van der Waals surface area contributed by atoms with Crippen molar-refractivity contribution in [3.63, 3.8) is 0 Å². The van der Waals surface area contributed by atoms with Crippen LogP contribution in [0.1, 0.15) is 206 Å². The van der Waals surface area contributed by atoms with E-state index in [1.807, 2.05) is 0 Å². The van der Waals surface area contributed by atoms with Gasteiger partial charge in [-0.3, -0.25) is 4.79 Å². The van der Waals surface area contributed by atoms with Gasteiger partial charge in [-0.05, 0) is 51.4 Å². The zero-order valence-corrected chi connectivity index (χ0v) is 32.0. The zero-order chi connectivity index (χ0) is 35.0. The Labute approximate surface area is 299 Å². The van der Waals surface area contributed by atoms with Crippen LogP contribution in [0.3, 0.4) is 0 Å². The highest BCUT2D eigenvalue weighted by molar-refractivity contribution is 5.76. The first kappa shape index (κ1) is 46.4. The normalized spacial score (nSPS) is 13.5. The SMILES string of the molecule is CC/C=C\C/C=C\C/C=C\C/C=C\CCCCCCCCCCCCCCCCCCCCCCC(=O)NC(CO)C(O)CCCCC. The van der Waals surface area contributed by atoms with E-state index in [0.29, 0.717) is 12.8 Å². The highest BCUT2D eigenvalue weighted by Crippen LogP contribution is 2.16. The third-order valence-corrected chi connectivity index (χ3v) is 9.35. The Morgan fingerprint density at radius 1 is 0.521 bits per heavy atom. The van der Waals surface area contributed by atoms with Gasteiger partial charge in [0.1, 0.15) is 0 Å². The van der Waals surface area contributed by atoms with Crippen LogP contribution in [0.2, 0.25) is 0 Å². The lowest BCUT2D eigenvalue weighted by molar-refractivity contribution is -0.123. The second-order valence-electron chi connectivity index (χ2n) is 14.0. The maximum atomic E-state index is 12.2. The third-order valence-electron chi connectivity index (χ3n) is 9.35. The van der Waals surface area contributed by atoms with Gasteiger partial charge in [0.2, 0.25) is 5.91 Å². The van der Waals surface area contributed by atoms with Crippen LogP contribution in [-0.2, 0) is 4.79 Å². The van der Waals surface area contributed by atoms with Crippen LogP contribution in [0.4, 0.5) is 0 Å². The molecular weight excluding hydrogens is 590 g/mol. The first-order valence-electron chi connectivity index (χ1n) is 20.8. The second kappa shape index (κ2) is 39.8. The van der Waals surface area contributed by atoms with Gasteiger partial charge in [-0.25, -0.2) is 0 Å². The van der Waals surface area contributed by atoms with Crippen LogP contribution in [0.25, 0.3) is 0 Å². The Bertz CT molecular complexity index is 771. The van der Waals surface area contributed by atoms with Gasteiger partial charge in [0, 0.05) is 6.42 Å². The lowest BCUT2D eigenvalue weighted by Crippen LogP contribution is -2.45. The Morgan fingerprint density at radius 2 is 0.917 bits per heavy atom. The van der Waals surface area contributed by atoms with Crippen molar-refractivity contribution in [2.45, 2.75) is 219 Å². The fourth-order valence-corrected chi connectivity index (χ4v) is 6.17. The minimum absolute atomic E-state index is 0.0426. The molecular formula is C44H81NO3. The predicted molar refractivity (Wildman–Crippen MR) is 211 cm³/mol. The fraction of sp³-hybridized carbons (Fsp3) is 0.795. The van der Waals surface area contributed by atoms with Gasteiger partial charge in [0.15, 0.2) is 0 Å². The van der Waals surface area contributed by atoms with E-state index in [4.69, 9.17) is 0 Å². The number of aliphatic hydroxyl groups excluding tert-OH is 2. The van der Waals surface area contributed by atoms with E-state index in [-0.39, 0.29) is 12.5 Å². The molecule has 0 heterocycles. The molecule has 4 nitrogen and oxygen atoms in total. The molecule has 0 fully saturated rings. The van der Waals surface area contributed by atoms with Gasteiger partial charge in [-0.2, -0.15) is 0 Å². The van der Waals surface area contributed by atoms with Crippen molar-refractivity contribution in [2.75, 3.05) is 6.61 Å². The van der Waals surface area contributed by atoms with Gasteiger partial charge in [-0.15, -0.1) is 0 Å². The van der Waals surface area contributed by atoms with Gasteiger partial charge in [-0.1, -0.05) is 197 Å². The summed E-state index contributed by atoms with van der Waals surface area (Å²) in [7, 11) is 0. The maximum Gasteiger partial charge on any atom is 0.220 e. The van der Waals surface area contributed by atoms with E-state index in [9.17, 15) is 15.0 Å². The summed E-state index contributed by atoms with van der Waals surface area (Å²) in [6, 6.07) is -0.530. The number of amides is 1. The van der Waals surface area contributed by atoms with Crippen molar-refractivity contribution in [2.24, 2.45) is 0 Å². The quantitative estimate of drug-likeness (QED) is 0.0455. The number of aliphatic hydroxyl groups is 2. The average Bonchev–Trinajstić information content (AvgIpc) is 3.09. The molecule has 0 aliphatic heterocycles. The van der Waals surface area contributed by atoms with Crippen LogP contribution < -0.4 is 5.32 Å². The molecule has 0 bridgehead atoms. The van der Waals surface area contributed by atoms with E-state index in [2.05, 4.69) is 67.8 Å². The molecule has 280 valence electrons. The second-order valence-corrected chi connectivity index (χ2v) is 14.0. The smallest absolute Gasteiger partial charge is 0.220 e. The molecule has 3 N–H and O–H groups in total. The van der Waals surface area contributed by atoms with Crippen LogP contribution in [0.15, 0.2) is 48.6 Å². The number of carbonyl (C=O) groups is 1. The summed E-state index contributed by atoms with van der Waals surface area (Å²) in [6.45, 7) is 4.10. The standard InChI is InChI=1S/C44H81NO3/c1-3-5-7-8-9-10-11-12-13-14-15-16-17-18-19-20-21-22-23-24-25-26-27-28-29-30-31-32-33-34-35-36-38-40-44(48)45-42(41-46)43(47)39-37-6-4-2/h5,7,9-10,12-13,15-16,42-43,46-47H,3-4,6,8,11,14,17-41H2,1-2H3,(H,45,48)/b7-5-,10-9-,13-12-,16-15-. The van der Waals surface area contributed by atoms with Gasteiger partial charge >= 0.3 is 0 Å². The molecule has 0 aromatic rings. The zero-order valence-electron chi connectivity index (χ0n) is 32.0. The number of unbranched alkanes of at least 4 members (excludes halogenated alkanes) is 22. The maximum absolute atomic E-state index is 12.2. The molecule has 4 heteroatoms. The summed E-state index contributed by atoms with van der Waals surface area (Å²) >= 11 is 0. The van der Waals surface area contributed by atoms with Crippen LogP contribution in [-0.4, -0.2) is 34.9 Å². The summed E-state index contributed by atoms with van der Waals surface area (Å²) in [5.41, 5.74) is 0. The van der Waals surface area contributed by atoms with Crippen molar-refractivity contribution >= 4 is 5.91 Å². The first-order valence-corrected chi connectivity index (χ1v) is 20.8. The molecule has 0 saturated heterocycles. The van der Waals surface area contributed by atoms with Crippen LogP contribution in [0.5, 0.6) is 0 Å². The summed E-state index contributed by atoms with van der Waals surface area (Å²) in [6.07, 6.45) is 54.1. The predicted octanol–water partition coefficient (Wildman–Crippen LogP) is 12.8. The third kappa shape index (κ3) is 35.7. The number of rotatable bonds is 37. The minimum Gasteiger partial charge on any atom is -0.394 e. The fourth-order valence-electron chi connectivity index (χ4n) is 6.17.